The maximum absolute atomic E-state index is 11.6. The smallest absolute Gasteiger partial charge is 0.308 e. The van der Waals surface area contributed by atoms with Gasteiger partial charge in [0.05, 0.1) is 12.0 Å². The molecule has 0 spiro atoms. The molecule has 1 atom stereocenters. The summed E-state index contributed by atoms with van der Waals surface area (Å²) in [6.45, 7) is 3.96. The van der Waals surface area contributed by atoms with Crippen molar-refractivity contribution in [1.29, 1.82) is 0 Å². The van der Waals surface area contributed by atoms with E-state index in [1.165, 1.54) is 0 Å². The van der Waals surface area contributed by atoms with Crippen LogP contribution in [0.25, 0.3) is 0 Å². The first-order valence-corrected chi connectivity index (χ1v) is 6.95. The third-order valence-corrected chi connectivity index (χ3v) is 3.27. The van der Waals surface area contributed by atoms with E-state index in [2.05, 4.69) is 10.6 Å². The maximum atomic E-state index is 11.6. The molecule has 1 fully saturated rings. The van der Waals surface area contributed by atoms with Crippen molar-refractivity contribution < 1.29 is 19.4 Å². The minimum absolute atomic E-state index is 0.0170. The molecule has 1 rings (SSSR count). The van der Waals surface area contributed by atoms with Gasteiger partial charge in [-0.25, -0.2) is 0 Å². The Labute approximate surface area is 113 Å². The van der Waals surface area contributed by atoms with Crippen molar-refractivity contribution in [3.05, 3.63) is 0 Å². The van der Waals surface area contributed by atoms with Gasteiger partial charge in [0.1, 0.15) is 6.61 Å². The predicted octanol–water partition coefficient (Wildman–Crippen LogP) is 0.372. The molecule has 6 heteroatoms. The SMILES string of the molecule is CCCC(CNC(=O)COC1CCNCC1)C(=O)O. The van der Waals surface area contributed by atoms with Crippen LogP contribution >= 0.6 is 0 Å². The molecule has 0 aromatic rings. The average Bonchev–Trinajstić information content (AvgIpc) is 2.42. The predicted molar refractivity (Wildman–Crippen MR) is 70.9 cm³/mol. The summed E-state index contributed by atoms with van der Waals surface area (Å²) in [5.74, 6) is -1.60. The summed E-state index contributed by atoms with van der Waals surface area (Å²) in [5, 5.41) is 14.8. The number of carboxylic acid groups (broad SMARTS) is 1. The van der Waals surface area contributed by atoms with E-state index < -0.39 is 11.9 Å². The zero-order valence-corrected chi connectivity index (χ0v) is 11.5. The van der Waals surface area contributed by atoms with Crippen molar-refractivity contribution >= 4 is 11.9 Å². The highest BCUT2D eigenvalue weighted by Crippen LogP contribution is 2.07. The minimum Gasteiger partial charge on any atom is -0.481 e. The van der Waals surface area contributed by atoms with Crippen molar-refractivity contribution in [2.24, 2.45) is 5.92 Å². The molecule has 0 aromatic carbocycles. The molecular weight excluding hydrogens is 248 g/mol. The number of rotatable bonds is 8. The second-order valence-corrected chi connectivity index (χ2v) is 4.89. The summed E-state index contributed by atoms with van der Waals surface area (Å²) in [6.07, 6.45) is 3.34. The van der Waals surface area contributed by atoms with Crippen LogP contribution in [0.4, 0.5) is 0 Å². The highest BCUT2D eigenvalue weighted by atomic mass is 16.5. The summed E-state index contributed by atoms with van der Waals surface area (Å²) >= 11 is 0. The van der Waals surface area contributed by atoms with Gasteiger partial charge >= 0.3 is 5.97 Å². The Kier molecular flexibility index (Phi) is 7.43. The van der Waals surface area contributed by atoms with Gasteiger partial charge in [-0.3, -0.25) is 9.59 Å². The van der Waals surface area contributed by atoms with E-state index in [-0.39, 0.29) is 25.2 Å². The lowest BCUT2D eigenvalue weighted by Gasteiger charge is -2.22. The quantitative estimate of drug-likeness (QED) is 0.594. The topological polar surface area (TPSA) is 87.7 Å². The Bertz CT molecular complexity index is 290. The number of piperidine rings is 1. The van der Waals surface area contributed by atoms with E-state index in [4.69, 9.17) is 9.84 Å². The van der Waals surface area contributed by atoms with Crippen LogP contribution in [0, 0.1) is 5.92 Å². The number of carbonyl (C=O) groups excluding carboxylic acids is 1. The fourth-order valence-corrected chi connectivity index (χ4v) is 2.11. The molecule has 0 aliphatic carbocycles. The fourth-order valence-electron chi connectivity index (χ4n) is 2.11. The lowest BCUT2D eigenvalue weighted by Crippen LogP contribution is -2.38. The summed E-state index contributed by atoms with van der Waals surface area (Å²) in [7, 11) is 0. The number of amides is 1. The molecule has 1 unspecified atom stereocenters. The van der Waals surface area contributed by atoms with Crippen molar-refractivity contribution in [3.63, 3.8) is 0 Å². The van der Waals surface area contributed by atoms with Crippen LogP contribution in [0.15, 0.2) is 0 Å². The van der Waals surface area contributed by atoms with Crippen LogP contribution in [0.2, 0.25) is 0 Å². The molecule has 0 radical (unpaired) electrons. The van der Waals surface area contributed by atoms with Crippen molar-refractivity contribution in [2.45, 2.75) is 38.7 Å². The van der Waals surface area contributed by atoms with Crippen LogP contribution in [-0.4, -0.2) is 49.3 Å². The van der Waals surface area contributed by atoms with Gasteiger partial charge in [-0.1, -0.05) is 13.3 Å². The van der Waals surface area contributed by atoms with Gasteiger partial charge in [-0.2, -0.15) is 0 Å². The maximum Gasteiger partial charge on any atom is 0.308 e. The number of hydrogen-bond donors (Lipinski definition) is 3. The lowest BCUT2D eigenvalue weighted by molar-refractivity contribution is -0.142. The van der Waals surface area contributed by atoms with E-state index in [0.717, 1.165) is 32.4 Å². The normalized spacial score (nSPS) is 17.9. The van der Waals surface area contributed by atoms with Crippen LogP contribution in [0.3, 0.4) is 0 Å². The van der Waals surface area contributed by atoms with Gasteiger partial charge in [0, 0.05) is 6.54 Å². The number of hydrogen-bond acceptors (Lipinski definition) is 4. The van der Waals surface area contributed by atoms with Gasteiger partial charge in [-0.15, -0.1) is 0 Å². The van der Waals surface area contributed by atoms with E-state index >= 15 is 0 Å². The summed E-state index contributed by atoms with van der Waals surface area (Å²) in [5.41, 5.74) is 0. The first-order valence-electron chi connectivity index (χ1n) is 6.95. The Balaban J connectivity index is 2.17. The van der Waals surface area contributed by atoms with Gasteiger partial charge in [-0.05, 0) is 32.4 Å². The highest BCUT2D eigenvalue weighted by molar-refractivity contribution is 5.78. The van der Waals surface area contributed by atoms with Crippen LogP contribution in [0.5, 0.6) is 0 Å². The number of ether oxygens (including phenoxy) is 1. The second-order valence-electron chi connectivity index (χ2n) is 4.89. The summed E-state index contributed by atoms with van der Waals surface area (Å²) < 4.78 is 5.50. The fraction of sp³-hybridized carbons (Fsp3) is 0.846. The van der Waals surface area contributed by atoms with Gasteiger partial charge < -0.3 is 20.5 Å². The van der Waals surface area contributed by atoms with Crippen LogP contribution < -0.4 is 10.6 Å². The van der Waals surface area contributed by atoms with E-state index in [0.29, 0.717) is 6.42 Å². The number of aliphatic carboxylic acids is 1. The largest absolute Gasteiger partial charge is 0.481 e. The molecule has 3 N–H and O–H groups in total. The third kappa shape index (κ3) is 6.54. The second kappa shape index (κ2) is 8.87. The molecule has 6 nitrogen and oxygen atoms in total. The molecule has 0 saturated carbocycles. The van der Waals surface area contributed by atoms with Crippen molar-refractivity contribution in [3.8, 4) is 0 Å². The van der Waals surface area contributed by atoms with Crippen molar-refractivity contribution in [2.75, 3.05) is 26.2 Å². The highest BCUT2D eigenvalue weighted by Gasteiger charge is 2.18. The average molecular weight is 272 g/mol. The van der Waals surface area contributed by atoms with Crippen LogP contribution in [0.1, 0.15) is 32.6 Å². The lowest BCUT2D eigenvalue weighted by atomic mass is 10.0. The third-order valence-electron chi connectivity index (χ3n) is 3.27. The Hall–Kier alpha value is -1.14. The van der Waals surface area contributed by atoms with E-state index in [1.54, 1.807) is 0 Å². The summed E-state index contributed by atoms with van der Waals surface area (Å²) in [6, 6.07) is 0. The van der Waals surface area contributed by atoms with E-state index in [1.807, 2.05) is 6.92 Å². The Morgan fingerprint density at radius 2 is 2.11 bits per heavy atom. The zero-order chi connectivity index (χ0) is 14.1. The monoisotopic (exact) mass is 272 g/mol. The van der Waals surface area contributed by atoms with Gasteiger partial charge in [0.15, 0.2) is 0 Å². The summed E-state index contributed by atoms with van der Waals surface area (Å²) in [4.78, 5) is 22.5. The first kappa shape index (κ1) is 15.9. The first-order chi connectivity index (χ1) is 9.13. The minimum atomic E-state index is -0.860. The molecular formula is C13H24N2O4. The van der Waals surface area contributed by atoms with Crippen molar-refractivity contribution in [1.82, 2.24) is 10.6 Å². The van der Waals surface area contributed by atoms with Crippen LogP contribution in [-0.2, 0) is 14.3 Å². The molecule has 1 saturated heterocycles. The molecule has 1 amide bonds. The zero-order valence-electron chi connectivity index (χ0n) is 11.5. The van der Waals surface area contributed by atoms with Gasteiger partial charge in [0.2, 0.25) is 5.91 Å². The number of nitrogens with one attached hydrogen (secondary N) is 2. The van der Waals surface area contributed by atoms with E-state index in [9.17, 15) is 9.59 Å². The Morgan fingerprint density at radius 1 is 1.42 bits per heavy atom. The Morgan fingerprint density at radius 3 is 2.68 bits per heavy atom. The standard InChI is InChI=1S/C13H24N2O4/c1-2-3-10(13(17)18)8-15-12(16)9-19-11-4-6-14-7-5-11/h10-11,14H,2-9H2,1H3,(H,15,16)(H,17,18). The molecule has 1 heterocycles. The molecule has 0 bridgehead atoms. The molecule has 1 aliphatic rings. The molecule has 0 aromatic heterocycles. The molecule has 19 heavy (non-hydrogen) atoms. The number of carbonyl (C=O) groups is 2. The number of carboxylic acids is 1. The van der Waals surface area contributed by atoms with Gasteiger partial charge in [0.25, 0.3) is 0 Å². The molecule has 1 aliphatic heterocycles. The molecule has 110 valence electrons.